The Morgan fingerprint density at radius 3 is 2.29 bits per heavy atom. The van der Waals surface area contributed by atoms with E-state index in [9.17, 15) is 9.59 Å². The minimum Gasteiger partial charge on any atom is -0.351 e. The van der Waals surface area contributed by atoms with Gasteiger partial charge in [0.1, 0.15) is 0 Å². The largest absolute Gasteiger partial charge is 0.351 e. The van der Waals surface area contributed by atoms with E-state index < -0.39 is 17.2 Å². The van der Waals surface area contributed by atoms with E-state index in [4.69, 9.17) is 5.73 Å². The SMILES string of the molecule is C[C@@H](Sc1nnc(-c2ccc(C(C)(C)C)cc2)n1Cc1ccccc1)C(=O)NC(N)=O. The minimum absolute atomic E-state index is 0.0560. The molecule has 0 fully saturated rings. The van der Waals surface area contributed by atoms with Crippen molar-refractivity contribution in [3.8, 4) is 11.4 Å². The van der Waals surface area contributed by atoms with Gasteiger partial charge in [0.25, 0.3) is 0 Å². The zero-order valence-corrected chi connectivity index (χ0v) is 18.9. The van der Waals surface area contributed by atoms with Crippen molar-refractivity contribution in [1.82, 2.24) is 20.1 Å². The Balaban J connectivity index is 1.95. The summed E-state index contributed by atoms with van der Waals surface area (Å²) in [5.41, 5.74) is 8.39. The molecule has 3 aromatic rings. The summed E-state index contributed by atoms with van der Waals surface area (Å²) < 4.78 is 1.99. The average molecular weight is 438 g/mol. The summed E-state index contributed by atoms with van der Waals surface area (Å²) in [6.07, 6.45) is 0. The number of rotatable bonds is 6. The van der Waals surface area contributed by atoms with E-state index in [1.807, 2.05) is 47.0 Å². The highest BCUT2D eigenvalue weighted by Gasteiger charge is 2.22. The van der Waals surface area contributed by atoms with E-state index >= 15 is 0 Å². The zero-order valence-electron chi connectivity index (χ0n) is 18.1. The van der Waals surface area contributed by atoms with Gasteiger partial charge in [-0.25, -0.2) is 4.79 Å². The van der Waals surface area contributed by atoms with Crippen LogP contribution in [0.25, 0.3) is 11.4 Å². The molecule has 0 aliphatic carbocycles. The number of nitrogens with one attached hydrogen (secondary N) is 1. The summed E-state index contributed by atoms with van der Waals surface area (Å²) in [5.74, 6) is 0.247. The highest BCUT2D eigenvalue weighted by Crippen LogP contribution is 2.30. The van der Waals surface area contributed by atoms with Crippen LogP contribution in [0, 0.1) is 0 Å². The molecular weight excluding hydrogens is 410 g/mol. The van der Waals surface area contributed by atoms with Crippen molar-refractivity contribution >= 4 is 23.7 Å². The fourth-order valence-electron chi connectivity index (χ4n) is 3.05. The van der Waals surface area contributed by atoms with Crippen LogP contribution in [0.5, 0.6) is 0 Å². The van der Waals surface area contributed by atoms with E-state index in [-0.39, 0.29) is 5.41 Å². The molecule has 1 heterocycles. The van der Waals surface area contributed by atoms with Gasteiger partial charge < -0.3 is 5.73 Å². The molecule has 0 aliphatic heterocycles. The Labute approximate surface area is 186 Å². The number of primary amides is 1. The number of nitrogens with two attached hydrogens (primary N) is 1. The Hall–Kier alpha value is -3.13. The molecule has 0 radical (unpaired) electrons. The van der Waals surface area contributed by atoms with Gasteiger partial charge in [-0.05, 0) is 23.5 Å². The van der Waals surface area contributed by atoms with Crippen molar-refractivity contribution in [1.29, 1.82) is 0 Å². The first-order valence-corrected chi connectivity index (χ1v) is 10.9. The van der Waals surface area contributed by atoms with Crippen LogP contribution in [-0.2, 0) is 16.8 Å². The first kappa shape index (κ1) is 22.6. The number of nitrogens with zero attached hydrogens (tertiary/aromatic N) is 3. The lowest BCUT2D eigenvalue weighted by molar-refractivity contribution is -0.119. The van der Waals surface area contributed by atoms with Gasteiger partial charge in [-0.3, -0.25) is 14.7 Å². The maximum atomic E-state index is 12.1. The molecule has 0 saturated heterocycles. The third-order valence-corrected chi connectivity index (χ3v) is 5.89. The molecule has 1 aromatic heterocycles. The van der Waals surface area contributed by atoms with Crippen LogP contribution in [0.1, 0.15) is 38.8 Å². The molecule has 0 bridgehead atoms. The predicted molar refractivity (Wildman–Crippen MR) is 123 cm³/mol. The molecule has 0 aliphatic rings. The van der Waals surface area contributed by atoms with Crippen LogP contribution in [0.2, 0.25) is 0 Å². The number of thioether (sulfide) groups is 1. The first-order chi connectivity index (χ1) is 14.6. The van der Waals surface area contributed by atoms with Crippen LogP contribution in [-0.4, -0.2) is 32.0 Å². The maximum Gasteiger partial charge on any atom is 0.318 e. The summed E-state index contributed by atoms with van der Waals surface area (Å²) in [5, 5.41) is 10.9. The smallest absolute Gasteiger partial charge is 0.318 e. The van der Waals surface area contributed by atoms with Crippen molar-refractivity contribution in [2.75, 3.05) is 0 Å². The molecule has 0 spiro atoms. The first-order valence-electron chi connectivity index (χ1n) is 10.00. The van der Waals surface area contributed by atoms with Crippen molar-refractivity contribution < 1.29 is 9.59 Å². The molecular formula is C23H27N5O2S. The molecule has 0 unspecified atom stereocenters. The number of aromatic nitrogens is 3. The highest BCUT2D eigenvalue weighted by molar-refractivity contribution is 8.00. The fourth-order valence-corrected chi connectivity index (χ4v) is 3.90. The number of urea groups is 1. The van der Waals surface area contributed by atoms with Crippen LogP contribution in [0.3, 0.4) is 0 Å². The molecule has 2 aromatic carbocycles. The third-order valence-electron chi connectivity index (χ3n) is 4.81. The van der Waals surface area contributed by atoms with E-state index in [0.717, 1.165) is 11.1 Å². The van der Waals surface area contributed by atoms with Crippen molar-refractivity contribution in [3.05, 3.63) is 65.7 Å². The number of imide groups is 1. The molecule has 31 heavy (non-hydrogen) atoms. The molecule has 8 heteroatoms. The Kier molecular flexibility index (Phi) is 6.80. The maximum absolute atomic E-state index is 12.1. The second-order valence-electron chi connectivity index (χ2n) is 8.32. The van der Waals surface area contributed by atoms with Crippen LogP contribution in [0.4, 0.5) is 4.79 Å². The lowest BCUT2D eigenvalue weighted by Gasteiger charge is -2.19. The lowest BCUT2D eigenvalue weighted by Crippen LogP contribution is -2.39. The van der Waals surface area contributed by atoms with Gasteiger partial charge in [0.15, 0.2) is 11.0 Å². The quantitative estimate of drug-likeness (QED) is 0.568. The van der Waals surface area contributed by atoms with Gasteiger partial charge >= 0.3 is 6.03 Å². The van der Waals surface area contributed by atoms with Crippen LogP contribution >= 0.6 is 11.8 Å². The monoisotopic (exact) mass is 437 g/mol. The van der Waals surface area contributed by atoms with Gasteiger partial charge in [-0.1, -0.05) is 87.1 Å². The zero-order chi connectivity index (χ0) is 22.6. The third kappa shape index (κ3) is 5.73. The van der Waals surface area contributed by atoms with Gasteiger partial charge in [0.05, 0.1) is 11.8 Å². The van der Waals surface area contributed by atoms with E-state index in [2.05, 4.69) is 48.4 Å². The van der Waals surface area contributed by atoms with Gasteiger partial charge in [0, 0.05) is 5.56 Å². The summed E-state index contributed by atoms with van der Waals surface area (Å²) in [4.78, 5) is 23.2. The van der Waals surface area contributed by atoms with Gasteiger partial charge in [-0.15, -0.1) is 10.2 Å². The topological polar surface area (TPSA) is 103 Å². The predicted octanol–water partition coefficient (Wildman–Crippen LogP) is 3.97. The molecule has 3 rings (SSSR count). The molecule has 7 nitrogen and oxygen atoms in total. The number of amides is 3. The fraction of sp³-hybridized carbons (Fsp3) is 0.304. The summed E-state index contributed by atoms with van der Waals surface area (Å²) >= 11 is 1.23. The Bertz CT molecular complexity index is 1060. The van der Waals surface area contributed by atoms with Crippen LogP contribution < -0.4 is 11.1 Å². The van der Waals surface area contributed by atoms with Crippen molar-refractivity contribution in [3.63, 3.8) is 0 Å². The van der Waals surface area contributed by atoms with Gasteiger partial charge in [-0.2, -0.15) is 0 Å². The van der Waals surface area contributed by atoms with E-state index in [1.165, 1.54) is 17.3 Å². The Morgan fingerprint density at radius 2 is 1.71 bits per heavy atom. The number of carbonyl (C=O) groups is 2. The normalized spacial score (nSPS) is 12.4. The van der Waals surface area contributed by atoms with Crippen LogP contribution in [0.15, 0.2) is 59.8 Å². The second kappa shape index (κ2) is 9.34. The lowest BCUT2D eigenvalue weighted by atomic mass is 9.87. The second-order valence-corrected chi connectivity index (χ2v) is 9.63. The molecule has 0 saturated carbocycles. The standard InChI is InChI=1S/C23H27N5O2S/c1-15(20(29)25-21(24)30)31-22-27-26-19(28(22)14-16-8-6-5-7-9-16)17-10-12-18(13-11-17)23(2,3)4/h5-13,15H,14H2,1-4H3,(H3,24,25,29,30)/t15-/m1/s1. The molecule has 3 amide bonds. The molecule has 162 valence electrons. The summed E-state index contributed by atoms with van der Waals surface area (Å²) in [6.45, 7) is 8.77. The molecule has 1 atom stereocenters. The summed E-state index contributed by atoms with van der Waals surface area (Å²) in [7, 11) is 0. The van der Waals surface area contributed by atoms with E-state index in [0.29, 0.717) is 17.5 Å². The average Bonchev–Trinajstić information content (AvgIpc) is 3.09. The number of hydrogen-bond donors (Lipinski definition) is 2. The Morgan fingerprint density at radius 1 is 1.06 bits per heavy atom. The number of carbonyl (C=O) groups excluding carboxylic acids is 2. The van der Waals surface area contributed by atoms with Crippen molar-refractivity contribution in [2.45, 2.75) is 50.1 Å². The number of hydrogen-bond acceptors (Lipinski definition) is 5. The van der Waals surface area contributed by atoms with Gasteiger partial charge in [0.2, 0.25) is 5.91 Å². The van der Waals surface area contributed by atoms with E-state index in [1.54, 1.807) is 6.92 Å². The molecule has 3 N–H and O–H groups in total. The highest BCUT2D eigenvalue weighted by atomic mass is 32.2. The van der Waals surface area contributed by atoms with Crippen molar-refractivity contribution in [2.24, 2.45) is 5.73 Å². The summed E-state index contributed by atoms with van der Waals surface area (Å²) in [6, 6.07) is 17.4. The minimum atomic E-state index is -0.872. The number of benzene rings is 2.